The molecular weight excluding hydrogens is 368 g/mol. The van der Waals surface area contributed by atoms with Crippen molar-refractivity contribution in [2.75, 3.05) is 13.7 Å². The van der Waals surface area contributed by atoms with Gasteiger partial charge in [-0.25, -0.2) is 0 Å². The molecule has 1 aliphatic rings. The number of hydrogen-bond donors (Lipinski definition) is 1. The lowest BCUT2D eigenvalue weighted by Crippen LogP contribution is -2.44. The second kappa shape index (κ2) is 7.99. The molecule has 2 aromatic carbocycles. The smallest absolute Gasteiger partial charge is 0.307 e. The van der Waals surface area contributed by atoms with E-state index in [1.807, 2.05) is 61.6 Å². The summed E-state index contributed by atoms with van der Waals surface area (Å²) in [5.74, 6) is -0.212. The lowest BCUT2D eigenvalue weighted by molar-refractivity contribution is -0.136. The number of carboxylic acids is 1. The lowest BCUT2D eigenvalue weighted by Gasteiger charge is -2.33. The second-order valence-corrected chi connectivity index (χ2v) is 7.42. The number of carbonyl (C=O) groups is 2. The standard InChI is InChI=1S/C23H24N2O4/c1-24(22(26)15-29-17-7-3-2-4-8-17)16-11-12-21-19(13-23(27)28)18-9-5-6-10-20(18)25(21)14-16/h2-10,16H,11-15H2,1H3,(H,27,28). The van der Waals surface area contributed by atoms with Gasteiger partial charge in [-0.05, 0) is 36.6 Å². The molecule has 1 aliphatic heterocycles. The first-order valence-electron chi connectivity index (χ1n) is 9.79. The number of hydrogen-bond acceptors (Lipinski definition) is 3. The molecule has 6 nitrogen and oxygen atoms in total. The van der Waals surface area contributed by atoms with E-state index in [9.17, 15) is 14.7 Å². The predicted octanol–water partition coefficient (Wildman–Crippen LogP) is 3.12. The van der Waals surface area contributed by atoms with Crippen LogP contribution in [0.1, 0.15) is 17.7 Å². The summed E-state index contributed by atoms with van der Waals surface area (Å²) in [6.07, 6.45) is 1.57. The van der Waals surface area contributed by atoms with Gasteiger partial charge in [0.2, 0.25) is 0 Å². The Morgan fingerprint density at radius 2 is 1.86 bits per heavy atom. The Kier molecular flexibility index (Phi) is 5.25. The number of ether oxygens (including phenoxy) is 1. The largest absolute Gasteiger partial charge is 0.484 e. The van der Waals surface area contributed by atoms with Crippen LogP contribution in [0.2, 0.25) is 0 Å². The molecular formula is C23H24N2O4. The van der Waals surface area contributed by atoms with E-state index in [4.69, 9.17) is 4.74 Å². The number of aliphatic carboxylic acids is 1. The summed E-state index contributed by atoms with van der Waals surface area (Å²) in [5.41, 5.74) is 3.00. The van der Waals surface area contributed by atoms with Crippen molar-refractivity contribution in [3.63, 3.8) is 0 Å². The molecule has 29 heavy (non-hydrogen) atoms. The van der Waals surface area contributed by atoms with Crippen molar-refractivity contribution in [3.05, 3.63) is 65.9 Å². The second-order valence-electron chi connectivity index (χ2n) is 7.42. The summed E-state index contributed by atoms with van der Waals surface area (Å²) in [7, 11) is 1.82. The Morgan fingerprint density at radius 1 is 1.14 bits per heavy atom. The Hall–Kier alpha value is -3.28. The molecule has 3 aromatic rings. The van der Waals surface area contributed by atoms with E-state index >= 15 is 0 Å². The number of carbonyl (C=O) groups excluding carboxylic acids is 1. The molecule has 1 amide bonds. The van der Waals surface area contributed by atoms with Crippen molar-refractivity contribution in [1.82, 2.24) is 9.47 Å². The highest BCUT2D eigenvalue weighted by Crippen LogP contribution is 2.32. The number of rotatable bonds is 6. The van der Waals surface area contributed by atoms with Gasteiger partial charge in [-0.1, -0.05) is 36.4 Å². The summed E-state index contributed by atoms with van der Waals surface area (Å²) >= 11 is 0. The van der Waals surface area contributed by atoms with Gasteiger partial charge in [0.05, 0.1) is 6.42 Å². The zero-order valence-corrected chi connectivity index (χ0v) is 16.4. The third-order valence-electron chi connectivity index (χ3n) is 5.68. The zero-order chi connectivity index (χ0) is 20.4. The van der Waals surface area contributed by atoms with Crippen molar-refractivity contribution in [1.29, 1.82) is 0 Å². The van der Waals surface area contributed by atoms with E-state index in [1.54, 1.807) is 4.90 Å². The summed E-state index contributed by atoms with van der Waals surface area (Å²) in [4.78, 5) is 25.8. The quantitative estimate of drug-likeness (QED) is 0.700. The molecule has 1 N–H and O–H groups in total. The maximum absolute atomic E-state index is 12.7. The normalized spacial score (nSPS) is 15.7. The van der Waals surface area contributed by atoms with Crippen molar-refractivity contribution in [3.8, 4) is 5.75 Å². The lowest BCUT2D eigenvalue weighted by atomic mass is 9.99. The fourth-order valence-corrected chi connectivity index (χ4v) is 4.16. The van der Waals surface area contributed by atoms with Crippen LogP contribution in [0.4, 0.5) is 0 Å². The van der Waals surface area contributed by atoms with Crippen LogP contribution in [0.3, 0.4) is 0 Å². The van der Waals surface area contributed by atoms with Crippen molar-refractivity contribution < 1.29 is 19.4 Å². The zero-order valence-electron chi connectivity index (χ0n) is 16.4. The molecule has 0 radical (unpaired) electrons. The molecule has 1 unspecified atom stereocenters. The molecule has 1 atom stereocenters. The third-order valence-corrected chi connectivity index (χ3v) is 5.68. The Morgan fingerprint density at radius 3 is 2.62 bits per heavy atom. The SMILES string of the molecule is CN(C(=O)COc1ccccc1)C1CCc2c(CC(=O)O)c3ccccc3n2C1. The van der Waals surface area contributed by atoms with Gasteiger partial charge in [-0.15, -0.1) is 0 Å². The van der Waals surface area contributed by atoms with Gasteiger partial charge in [0, 0.05) is 36.2 Å². The molecule has 0 saturated carbocycles. The molecule has 150 valence electrons. The molecule has 1 aromatic heterocycles. The molecule has 0 fully saturated rings. The average molecular weight is 392 g/mol. The molecule has 6 heteroatoms. The minimum Gasteiger partial charge on any atom is -0.484 e. The summed E-state index contributed by atoms with van der Waals surface area (Å²) in [5, 5.41) is 10.3. The number of para-hydroxylation sites is 2. The highest BCUT2D eigenvalue weighted by atomic mass is 16.5. The predicted molar refractivity (Wildman–Crippen MR) is 110 cm³/mol. The van der Waals surface area contributed by atoms with Gasteiger partial charge >= 0.3 is 5.97 Å². The minimum atomic E-state index is -0.823. The van der Waals surface area contributed by atoms with Gasteiger partial charge in [0.15, 0.2) is 6.61 Å². The van der Waals surface area contributed by atoms with Gasteiger partial charge in [-0.2, -0.15) is 0 Å². The number of carboxylic acid groups (broad SMARTS) is 1. The van der Waals surface area contributed by atoms with Crippen LogP contribution in [0.25, 0.3) is 10.9 Å². The summed E-state index contributed by atoms with van der Waals surface area (Å²) in [6.45, 7) is 0.656. The van der Waals surface area contributed by atoms with Gasteiger partial charge in [0.25, 0.3) is 5.91 Å². The maximum Gasteiger partial charge on any atom is 0.307 e. The average Bonchev–Trinajstić information content (AvgIpc) is 3.05. The first kappa shape index (κ1) is 19.1. The van der Waals surface area contributed by atoms with Crippen molar-refractivity contribution in [2.24, 2.45) is 0 Å². The first-order valence-corrected chi connectivity index (χ1v) is 9.79. The number of amides is 1. The van der Waals surface area contributed by atoms with Gasteiger partial charge < -0.3 is 19.3 Å². The molecule has 0 bridgehead atoms. The van der Waals surface area contributed by atoms with E-state index in [0.717, 1.165) is 35.0 Å². The molecule has 0 saturated heterocycles. The molecule has 0 aliphatic carbocycles. The number of benzene rings is 2. The van der Waals surface area contributed by atoms with Crippen molar-refractivity contribution >= 4 is 22.8 Å². The van der Waals surface area contributed by atoms with Crippen LogP contribution >= 0.6 is 0 Å². The summed E-state index contributed by atoms with van der Waals surface area (Å²) < 4.78 is 7.79. The van der Waals surface area contributed by atoms with Crippen LogP contribution in [0, 0.1) is 0 Å². The summed E-state index contributed by atoms with van der Waals surface area (Å²) in [6, 6.07) is 17.3. The number of aromatic nitrogens is 1. The number of nitrogens with zero attached hydrogens (tertiary/aromatic N) is 2. The van der Waals surface area contributed by atoms with Gasteiger partial charge in [-0.3, -0.25) is 9.59 Å². The molecule has 2 heterocycles. The van der Waals surface area contributed by atoms with Crippen LogP contribution in [0.15, 0.2) is 54.6 Å². The van der Waals surface area contributed by atoms with E-state index in [2.05, 4.69) is 4.57 Å². The fraction of sp³-hybridized carbons (Fsp3) is 0.304. The number of fused-ring (bicyclic) bond motifs is 3. The Labute approximate surface area is 169 Å². The highest BCUT2D eigenvalue weighted by molar-refractivity contribution is 5.89. The maximum atomic E-state index is 12.7. The Balaban J connectivity index is 1.52. The minimum absolute atomic E-state index is 0.000557. The molecule has 4 rings (SSSR count). The van der Waals surface area contributed by atoms with Crippen molar-refractivity contribution in [2.45, 2.75) is 31.8 Å². The number of likely N-dealkylation sites (N-methyl/N-ethyl adjacent to an activating group) is 1. The van der Waals surface area contributed by atoms with E-state index in [1.165, 1.54) is 0 Å². The van der Waals surface area contributed by atoms with Crippen LogP contribution < -0.4 is 4.74 Å². The van der Waals surface area contributed by atoms with Crippen LogP contribution in [-0.4, -0.2) is 46.1 Å². The first-order chi connectivity index (χ1) is 14.0. The Bertz CT molecular complexity index is 1040. The molecule has 0 spiro atoms. The van der Waals surface area contributed by atoms with E-state index in [-0.39, 0.29) is 25.0 Å². The monoisotopic (exact) mass is 392 g/mol. The highest BCUT2D eigenvalue weighted by Gasteiger charge is 2.29. The van der Waals surface area contributed by atoms with Crippen LogP contribution in [-0.2, 0) is 29.0 Å². The van der Waals surface area contributed by atoms with Gasteiger partial charge in [0.1, 0.15) is 5.75 Å². The van der Waals surface area contributed by atoms with Crippen LogP contribution in [0.5, 0.6) is 5.75 Å². The van der Waals surface area contributed by atoms with E-state index < -0.39 is 5.97 Å². The third kappa shape index (κ3) is 3.83. The fourth-order valence-electron chi connectivity index (χ4n) is 4.16. The topological polar surface area (TPSA) is 71.8 Å². The van der Waals surface area contributed by atoms with E-state index in [0.29, 0.717) is 12.3 Å².